The number of hydrogen-bond acceptors (Lipinski definition) is 4. The Morgan fingerprint density at radius 3 is 2.62 bits per heavy atom. The number of pyridine rings is 1. The van der Waals surface area contributed by atoms with E-state index in [0.717, 1.165) is 22.1 Å². The van der Waals surface area contributed by atoms with Crippen LogP contribution in [0.25, 0.3) is 10.8 Å². The molecule has 3 aromatic rings. The lowest BCUT2D eigenvalue weighted by Crippen LogP contribution is -2.23. The molecule has 0 radical (unpaired) electrons. The van der Waals surface area contributed by atoms with Crippen molar-refractivity contribution in [1.29, 1.82) is 0 Å². The van der Waals surface area contributed by atoms with Gasteiger partial charge in [-0.1, -0.05) is 18.2 Å². The van der Waals surface area contributed by atoms with Gasteiger partial charge in [-0.15, -0.1) is 0 Å². The third-order valence-electron chi connectivity index (χ3n) is 3.77. The van der Waals surface area contributed by atoms with Crippen molar-refractivity contribution in [2.45, 2.75) is 6.54 Å². The highest BCUT2D eigenvalue weighted by Gasteiger charge is 2.12. The number of nitrogens with one attached hydrogen (secondary N) is 1. The number of ether oxygens (including phenoxy) is 2. The van der Waals surface area contributed by atoms with Gasteiger partial charge >= 0.3 is 0 Å². The lowest BCUT2D eigenvalue weighted by molar-refractivity contribution is 0.0947. The molecule has 0 spiro atoms. The molecule has 2 aromatic carbocycles. The fourth-order valence-electron chi connectivity index (χ4n) is 2.51. The Morgan fingerprint density at radius 2 is 1.83 bits per heavy atom. The Bertz CT molecular complexity index is 877. The molecule has 5 heteroatoms. The van der Waals surface area contributed by atoms with Crippen LogP contribution in [-0.2, 0) is 6.54 Å². The average molecular weight is 322 g/mol. The fraction of sp³-hybridized carbons (Fsp3) is 0.158. The molecular weight excluding hydrogens is 304 g/mol. The Labute approximate surface area is 140 Å². The number of hydrogen-bond donors (Lipinski definition) is 1. The number of fused-ring (bicyclic) bond motifs is 1. The number of amides is 1. The second kappa shape index (κ2) is 7.00. The van der Waals surface area contributed by atoms with Crippen LogP contribution in [0.2, 0.25) is 0 Å². The Balaban J connectivity index is 1.74. The molecule has 0 saturated carbocycles. The number of nitrogens with zero attached hydrogens (tertiary/aromatic N) is 1. The second-order valence-electron chi connectivity index (χ2n) is 5.29. The zero-order chi connectivity index (χ0) is 16.9. The van der Waals surface area contributed by atoms with Crippen LogP contribution in [0.3, 0.4) is 0 Å². The minimum absolute atomic E-state index is 0.213. The first-order valence-corrected chi connectivity index (χ1v) is 7.55. The second-order valence-corrected chi connectivity index (χ2v) is 5.29. The molecule has 0 atom stereocenters. The van der Waals surface area contributed by atoms with Gasteiger partial charge in [0, 0.05) is 12.7 Å². The van der Waals surface area contributed by atoms with Crippen molar-refractivity contribution >= 4 is 16.7 Å². The van der Waals surface area contributed by atoms with Crippen LogP contribution in [0.1, 0.15) is 15.9 Å². The van der Waals surface area contributed by atoms with E-state index in [1.54, 1.807) is 25.4 Å². The van der Waals surface area contributed by atoms with Crippen LogP contribution in [-0.4, -0.2) is 25.1 Å². The van der Waals surface area contributed by atoms with Gasteiger partial charge in [0.05, 0.1) is 14.2 Å². The maximum atomic E-state index is 12.3. The molecule has 0 unspecified atom stereocenters. The summed E-state index contributed by atoms with van der Waals surface area (Å²) in [6.45, 7) is 0.429. The lowest BCUT2D eigenvalue weighted by atomic mass is 10.1. The van der Waals surface area contributed by atoms with Gasteiger partial charge in [0.1, 0.15) is 11.3 Å². The van der Waals surface area contributed by atoms with Gasteiger partial charge in [-0.3, -0.25) is 4.79 Å². The van der Waals surface area contributed by atoms with E-state index in [1.807, 2.05) is 30.3 Å². The molecule has 3 rings (SSSR count). The SMILES string of the molecule is COc1ccc2cc(CNC(=O)c3cccnc3OC)ccc2c1. The molecule has 24 heavy (non-hydrogen) atoms. The van der Waals surface area contributed by atoms with Gasteiger partial charge in [-0.2, -0.15) is 0 Å². The fourth-order valence-corrected chi connectivity index (χ4v) is 2.51. The number of aromatic nitrogens is 1. The normalized spacial score (nSPS) is 10.4. The van der Waals surface area contributed by atoms with E-state index in [9.17, 15) is 4.79 Å². The van der Waals surface area contributed by atoms with Crippen molar-refractivity contribution in [3.8, 4) is 11.6 Å². The number of rotatable bonds is 5. The first-order chi connectivity index (χ1) is 11.7. The lowest BCUT2D eigenvalue weighted by Gasteiger charge is -2.09. The molecule has 5 nitrogen and oxygen atoms in total. The standard InChI is InChI=1S/C19H18N2O3/c1-23-16-8-7-14-10-13(5-6-15(14)11-16)12-21-18(22)17-4-3-9-20-19(17)24-2/h3-11H,12H2,1-2H3,(H,21,22). The molecular formula is C19H18N2O3. The first-order valence-electron chi connectivity index (χ1n) is 7.55. The van der Waals surface area contributed by atoms with E-state index in [1.165, 1.54) is 7.11 Å². The summed E-state index contributed by atoms with van der Waals surface area (Å²) < 4.78 is 10.3. The molecule has 1 heterocycles. The van der Waals surface area contributed by atoms with Crippen molar-refractivity contribution in [1.82, 2.24) is 10.3 Å². The van der Waals surface area contributed by atoms with Gasteiger partial charge < -0.3 is 14.8 Å². The summed E-state index contributed by atoms with van der Waals surface area (Å²) in [5.41, 5.74) is 1.44. The Hall–Kier alpha value is -3.08. The number of carbonyl (C=O) groups excluding carboxylic acids is 1. The van der Waals surface area contributed by atoms with E-state index in [4.69, 9.17) is 9.47 Å². The van der Waals surface area contributed by atoms with Crippen molar-refractivity contribution in [2.75, 3.05) is 14.2 Å². The third-order valence-corrected chi connectivity index (χ3v) is 3.77. The van der Waals surface area contributed by atoms with Crippen LogP contribution >= 0.6 is 0 Å². The van der Waals surface area contributed by atoms with E-state index in [0.29, 0.717) is 18.0 Å². The van der Waals surface area contributed by atoms with Gasteiger partial charge in [0.2, 0.25) is 5.88 Å². The molecule has 1 aromatic heterocycles. The van der Waals surface area contributed by atoms with Crippen molar-refractivity contribution < 1.29 is 14.3 Å². The van der Waals surface area contributed by atoms with Crippen LogP contribution < -0.4 is 14.8 Å². The Kier molecular flexibility index (Phi) is 4.61. The molecule has 0 bridgehead atoms. The zero-order valence-electron chi connectivity index (χ0n) is 13.6. The largest absolute Gasteiger partial charge is 0.497 e. The molecule has 0 saturated heterocycles. The smallest absolute Gasteiger partial charge is 0.257 e. The van der Waals surface area contributed by atoms with Gasteiger partial charge in [0.15, 0.2) is 0 Å². The maximum Gasteiger partial charge on any atom is 0.257 e. The molecule has 0 aliphatic rings. The topological polar surface area (TPSA) is 60.5 Å². The zero-order valence-corrected chi connectivity index (χ0v) is 13.6. The molecule has 122 valence electrons. The summed E-state index contributed by atoms with van der Waals surface area (Å²) in [5, 5.41) is 5.09. The number of carbonyl (C=O) groups is 1. The summed E-state index contributed by atoms with van der Waals surface area (Å²) in [6, 6.07) is 15.4. The van der Waals surface area contributed by atoms with Crippen LogP contribution in [0.4, 0.5) is 0 Å². The van der Waals surface area contributed by atoms with Gasteiger partial charge in [-0.05, 0) is 46.7 Å². The molecule has 0 aliphatic heterocycles. The first kappa shape index (κ1) is 15.8. The highest BCUT2D eigenvalue weighted by atomic mass is 16.5. The van der Waals surface area contributed by atoms with Crippen molar-refractivity contribution in [2.24, 2.45) is 0 Å². The summed E-state index contributed by atoms with van der Waals surface area (Å²) in [7, 11) is 3.15. The van der Waals surface area contributed by atoms with Crippen molar-refractivity contribution in [3.05, 3.63) is 65.9 Å². The molecule has 0 fully saturated rings. The monoisotopic (exact) mass is 322 g/mol. The summed E-state index contributed by atoms with van der Waals surface area (Å²) >= 11 is 0. The third kappa shape index (κ3) is 3.30. The molecule has 1 N–H and O–H groups in total. The quantitative estimate of drug-likeness (QED) is 0.784. The van der Waals surface area contributed by atoms with Crippen molar-refractivity contribution in [3.63, 3.8) is 0 Å². The van der Waals surface area contributed by atoms with Gasteiger partial charge in [0.25, 0.3) is 5.91 Å². The Morgan fingerprint density at radius 1 is 1.04 bits per heavy atom. The molecule has 0 aliphatic carbocycles. The van der Waals surface area contributed by atoms with Crippen LogP contribution in [0, 0.1) is 0 Å². The summed E-state index contributed by atoms with van der Waals surface area (Å²) in [6.07, 6.45) is 1.59. The molecule has 1 amide bonds. The van der Waals surface area contributed by atoms with Gasteiger partial charge in [-0.25, -0.2) is 4.98 Å². The van der Waals surface area contributed by atoms with Crippen LogP contribution in [0.5, 0.6) is 11.6 Å². The summed E-state index contributed by atoms with van der Waals surface area (Å²) in [5.74, 6) is 0.933. The predicted octanol–water partition coefficient (Wildman–Crippen LogP) is 3.18. The van der Waals surface area contributed by atoms with E-state index in [-0.39, 0.29) is 5.91 Å². The number of benzene rings is 2. The minimum Gasteiger partial charge on any atom is -0.497 e. The van der Waals surface area contributed by atoms with Crippen LogP contribution in [0.15, 0.2) is 54.7 Å². The van der Waals surface area contributed by atoms with E-state index >= 15 is 0 Å². The minimum atomic E-state index is -0.213. The highest BCUT2D eigenvalue weighted by Crippen LogP contribution is 2.22. The average Bonchev–Trinajstić information content (AvgIpc) is 2.65. The predicted molar refractivity (Wildman–Crippen MR) is 92.5 cm³/mol. The number of methoxy groups -OCH3 is 2. The highest BCUT2D eigenvalue weighted by molar-refractivity contribution is 5.96. The van der Waals surface area contributed by atoms with E-state index in [2.05, 4.69) is 16.4 Å². The maximum absolute atomic E-state index is 12.3. The summed E-state index contributed by atoms with van der Waals surface area (Å²) in [4.78, 5) is 16.3. The van der Waals surface area contributed by atoms with E-state index < -0.39 is 0 Å².